The first-order chi connectivity index (χ1) is 8.81. The summed E-state index contributed by atoms with van der Waals surface area (Å²) in [4.78, 5) is 0. The third-order valence-corrected chi connectivity index (χ3v) is 3.21. The van der Waals surface area contributed by atoms with Gasteiger partial charge >= 0.3 is 0 Å². The van der Waals surface area contributed by atoms with Crippen molar-refractivity contribution in [3.63, 3.8) is 0 Å². The van der Waals surface area contributed by atoms with Crippen LogP contribution in [0.4, 0.5) is 0 Å². The van der Waals surface area contributed by atoms with E-state index in [0.29, 0.717) is 5.88 Å². The van der Waals surface area contributed by atoms with Gasteiger partial charge in [0.2, 0.25) is 0 Å². The van der Waals surface area contributed by atoms with Gasteiger partial charge in [-0.2, -0.15) is 0 Å². The molecule has 0 unspecified atom stereocenters. The quantitative estimate of drug-likeness (QED) is 0.475. The molecule has 0 aliphatic rings. The van der Waals surface area contributed by atoms with Crippen LogP contribution < -0.4 is 9.47 Å². The summed E-state index contributed by atoms with van der Waals surface area (Å²) in [6.07, 6.45) is 6.20. The largest absolute Gasteiger partial charge is 0.497 e. The van der Waals surface area contributed by atoms with E-state index in [4.69, 9.17) is 21.1 Å². The van der Waals surface area contributed by atoms with Gasteiger partial charge in [-0.25, -0.2) is 0 Å². The Morgan fingerprint density at radius 2 is 1.89 bits per heavy atom. The summed E-state index contributed by atoms with van der Waals surface area (Å²) in [5.74, 6) is 2.12. The second-order valence-electron chi connectivity index (χ2n) is 4.37. The Hall–Kier alpha value is -0.890. The maximum absolute atomic E-state index is 5.89. The number of benzene rings is 1. The van der Waals surface area contributed by atoms with E-state index in [1.807, 2.05) is 18.2 Å². The van der Waals surface area contributed by atoms with E-state index < -0.39 is 0 Å². The summed E-state index contributed by atoms with van der Waals surface area (Å²) >= 11 is 5.89. The number of rotatable bonds is 9. The molecule has 1 aromatic rings. The van der Waals surface area contributed by atoms with E-state index in [0.717, 1.165) is 30.1 Å². The number of unbranched alkanes of at least 4 members (excludes halogenated alkanes) is 4. The molecule has 1 rings (SSSR count). The highest BCUT2D eigenvalue weighted by molar-refractivity contribution is 6.17. The first-order valence-corrected chi connectivity index (χ1v) is 7.21. The molecule has 0 spiro atoms. The van der Waals surface area contributed by atoms with Crippen molar-refractivity contribution in [1.29, 1.82) is 0 Å². The van der Waals surface area contributed by atoms with Crippen molar-refractivity contribution in [2.45, 2.75) is 44.9 Å². The molecule has 18 heavy (non-hydrogen) atoms. The first-order valence-electron chi connectivity index (χ1n) is 6.67. The lowest BCUT2D eigenvalue weighted by molar-refractivity contribution is 0.300. The number of ether oxygens (including phenoxy) is 2. The first kappa shape index (κ1) is 15.2. The number of methoxy groups -OCH3 is 1. The average Bonchev–Trinajstić information content (AvgIpc) is 2.42. The number of alkyl halides is 1. The highest BCUT2D eigenvalue weighted by atomic mass is 35.5. The molecule has 0 aliphatic heterocycles. The summed E-state index contributed by atoms with van der Waals surface area (Å²) in [6, 6.07) is 5.77. The van der Waals surface area contributed by atoms with Crippen LogP contribution in [0.15, 0.2) is 18.2 Å². The monoisotopic (exact) mass is 270 g/mol. The Morgan fingerprint density at radius 1 is 1.11 bits per heavy atom. The van der Waals surface area contributed by atoms with Gasteiger partial charge < -0.3 is 9.47 Å². The molecule has 0 N–H and O–H groups in total. The van der Waals surface area contributed by atoms with Crippen LogP contribution in [0.2, 0.25) is 0 Å². The Bertz CT molecular complexity index is 339. The standard InChI is InChI=1S/C15H23ClO2/c1-3-4-5-6-7-10-18-15-11-14(17-2)9-8-13(15)12-16/h8-9,11H,3-7,10,12H2,1-2H3. The molecule has 0 atom stereocenters. The van der Waals surface area contributed by atoms with Gasteiger partial charge in [-0.3, -0.25) is 0 Å². The minimum Gasteiger partial charge on any atom is -0.497 e. The molecule has 0 fully saturated rings. The Labute approximate surface area is 115 Å². The van der Waals surface area contributed by atoms with E-state index in [9.17, 15) is 0 Å². The number of hydrogen-bond donors (Lipinski definition) is 0. The van der Waals surface area contributed by atoms with Crippen LogP contribution >= 0.6 is 11.6 Å². The summed E-state index contributed by atoms with van der Waals surface area (Å²) < 4.78 is 11.0. The molecular formula is C15H23ClO2. The van der Waals surface area contributed by atoms with Crippen molar-refractivity contribution < 1.29 is 9.47 Å². The Kier molecular flexibility index (Phi) is 7.66. The van der Waals surface area contributed by atoms with Crippen molar-refractivity contribution in [3.05, 3.63) is 23.8 Å². The fraction of sp³-hybridized carbons (Fsp3) is 0.600. The van der Waals surface area contributed by atoms with E-state index in [2.05, 4.69) is 6.92 Å². The Morgan fingerprint density at radius 3 is 2.56 bits per heavy atom. The molecule has 2 nitrogen and oxygen atoms in total. The topological polar surface area (TPSA) is 18.5 Å². The van der Waals surface area contributed by atoms with Crippen molar-refractivity contribution in [2.75, 3.05) is 13.7 Å². The van der Waals surface area contributed by atoms with E-state index in [1.165, 1.54) is 25.7 Å². The van der Waals surface area contributed by atoms with Crippen LogP contribution in [-0.2, 0) is 5.88 Å². The molecule has 0 aliphatic carbocycles. The van der Waals surface area contributed by atoms with E-state index in [1.54, 1.807) is 7.11 Å². The molecule has 0 amide bonds. The molecule has 0 aromatic heterocycles. The number of hydrogen-bond acceptors (Lipinski definition) is 2. The lowest BCUT2D eigenvalue weighted by Gasteiger charge is -2.11. The molecule has 1 aromatic carbocycles. The fourth-order valence-electron chi connectivity index (χ4n) is 1.79. The van der Waals surface area contributed by atoms with Gasteiger partial charge in [0.15, 0.2) is 0 Å². The van der Waals surface area contributed by atoms with Gasteiger partial charge in [-0.1, -0.05) is 38.7 Å². The smallest absolute Gasteiger partial charge is 0.127 e. The minimum absolute atomic E-state index is 0.467. The molecule has 0 heterocycles. The second kappa shape index (κ2) is 9.09. The van der Waals surface area contributed by atoms with E-state index in [-0.39, 0.29) is 0 Å². The zero-order chi connectivity index (χ0) is 13.2. The highest BCUT2D eigenvalue weighted by Crippen LogP contribution is 2.26. The fourth-order valence-corrected chi connectivity index (χ4v) is 2.02. The maximum Gasteiger partial charge on any atom is 0.127 e. The molecule has 0 saturated carbocycles. The predicted molar refractivity (Wildman–Crippen MR) is 76.8 cm³/mol. The molecule has 102 valence electrons. The van der Waals surface area contributed by atoms with Crippen molar-refractivity contribution in [1.82, 2.24) is 0 Å². The van der Waals surface area contributed by atoms with Crippen molar-refractivity contribution in [2.24, 2.45) is 0 Å². The summed E-state index contributed by atoms with van der Waals surface area (Å²) in [7, 11) is 1.66. The zero-order valence-electron chi connectivity index (χ0n) is 11.4. The van der Waals surface area contributed by atoms with Crippen LogP contribution in [0.1, 0.15) is 44.6 Å². The van der Waals surface area contributed by atoms with Gasteiger partial charge in [0.25, 0.3) is 0 Å². The third kappa shape index (κ3) is 5.18. The molecular weight excluding hydrogens is 248 g/mol. The number of halogens is 1. The van der Waals surface area contributed by atoms with Crippen LogP contribution in [0.25, 0.3) is 0 Å². The summed E-state index contributed by atoms with van der Waals surface area (Å²) in [5.41, 5.74) is 1.02. The van der Waals surface area contributed by atoms with E-state index >= 15 is 0 Å². The molecule has 0 radical (unpaired) electrons. The second-order valence-corrected chi connectivity index (χ2v) is 4.64. The maximum atomic E-state index is 5.89. The van der Waals surface area contributed by atoms with Crippen LogP contribution in [0.3, 0.4) is 0 Å². The third-order valence-electron chi connectivity index (χ3n) is 2.92. The SMILES string of the molecule is CCCCCCCOc1cc(OC)ccc1CCl. The lowest BCUT2D eigenvalue weighted by Crippen LogP contribution is -2.00. The van der Waals surface area contributed by atoms with Gasteiger partial charge in [-0.15, -0.1) is 11.6 Å². The minimum atomic E-state index is 0.467. The van der Waals surface area contributed by atoms with Crippen molar-refractivity contribution in [3.8, 4) is 11.5 Å². The lowest BCUT2D eigenvalue weighted by atomic mass is 10.1. The highest BCUT2D eigenvalue weighted by Gasteiger charge is 2.04. The van der Waals surface area contributed by atoms with Gasteiger partial charge in [-0.05, 0) is 12.5 Å². The van der Waals surface area contributed by atoms with Gasteiger partial charge in [0, 0.05) is 11.6 Å². The van der Waals surface area contributed by atoms with Crippen LogP contribution in [0, 0.1) is 0 Å². The van der Waals surface area contributed by atoms with Gasteiger partial charge in [0.1, 0.15) is 11.5 Å². The molecule has 0 saturated heterocycles. The average molecular weight is 271 g/mol. The summed E-state index contributed by atoms with van der Waals surface area (Å²) in [5, 5.41) is 0. The molecule has 0 bridgehead atoms. The summed E-state index contributed by atoms with van der Waals surface area (Å²) in [6.45, 7) is 2.97. The van der Waals surface area contributed by atoms with Gasteiger partial charge in [0.05, 0.1) is 19.6 Å². The van der Waals surface area contributed by atoms with Crippen molar-refractivity contribution >= 4 is 11.6 Å². The predicted octanol–water partition coefficient (Wildman–Crippen LogP) is 4.78. The normalized spacial score (nSPS) is 10.4. The van der Waals surface area contributed by atoms with Crippen LogP contribution in [-0.4, -0.2) is 13.7 Å². The molecule has 3 heteroatoms. The Balaban J connectivity index is 2.39. The van der Waals surface area contributed by atoms with Crippen LogP contribution in [0.5, 0.6) is 11.5 Å². The zero-order valence-corrected chi connectivity index (χ0v) is 12.1.